The van der Waals surface area contributed by atoms with Gasteiger partial charge in [-0.25, -0.2) is 4.98 Å². The molecule has 6 nitrogen and oxygen atoms in total. The van der Waals surface area contributed by atoms with Crippen LogP contribution in [-0.4, -0.2) is 27.8 Å². The summed E-state index contributed by atoms with van der Waals surface area (Å²) >= 11 is 0. The van der Waals surface area contributed by atoms with Gasteiger partial charge in [0.2, 0.25) is 0 Å². The van der Waals surface area contributed by atoms with E-state index < -0.39 is 0 Å². The highest BCUT2D eigenvalue weighted by Crippen LogP contribution is 2.23. The number of benzene rings is 1. The van der Waals surface area contributed by atoms with Crippen molar-refractivity contribution in [1.82, 2.24) is 20.6 Å². The molecule has 2 amide bonds. The van der Waals surface area contributed by atoms with Gasteiger partial charge in [0.1, 0.15) is 5.69 Å². The van der Waals surface area contributed by atoms with Gasteiger partial charge < -0.3 is 15.6 Å². The van der Waals surface area contributed by atoms with Crippen LogP contribution in [0.25, 0.3) is 0 Å². The molecular formula is C19H24N4O2. The maximum Gasteiger partial charge on any atom is 0.272 e. The van der Waals surface area contributed by atoms with E-state index in [2.05, 4.69) is 20.6 Å². The molecule has 0 saturated heterocycles. The Balaban J connectivity index is 1.64. The second-order valence-corrected chi connectivity index (χ2v) is 7.51. The fourth-order valence-electron chi connectivity index (χ4n) is 2.62. The second kappa shape index (κ2) is 6.70. The minimum absolute atomic E-state index is 0.0574. The van der Waals surface area contributed by atoms with E-state index in [1.165, 1.54) is 0 Å². The van der Waals surface area contributed by atoms with Gasteiger partial charge in [0.25, 0.3) is 11.8 Å². The average molecular weight is 340 g/mol. The molecule has 0 radical (unpaired) electrons. The Morgan fingerprint density at radius 1 is 1.24 bits per heavy atom. The number of aromatic amines is 1. The Bertz CT molecular complexity index is 785. The summed E-state index contributed by atoms with van der Waals surface area (Å²) in [7, 11) is 0. The zero-order chi connectivity index (χ0) is 18.0. The number of rotatable bonds is 5. The third-order valence-corrected chi connectivity index (χ3v) is 4.16. The number of hydrogen-bond donors (Lipinski definition) is 3. The van der Waals surface area contributed by atoms with Gasteiger partial charge in [0.05, 0.1) is 12.0 Å². The molecular weight excluding hydrogens is 316 g/mol. The third kappa shape index (κ3) is 4.26. The summed E-state index contributed by atoms with van der Waals surface area (Å²) < 4.78 is 0. The third-order valence-electron chi connectivity index (χ3n) is 4.16. The highest BCUT2D eigenvalue weighted by molar-refractivity contribution is 5.95. The first-order valence-corrected chi connectivity index (χ1v) is 8.56. The topological polar surface area (TPSA) is 86.9 Å². The highest BCUT2D eigenvalue weighted by Gasteiger charge is 2.25. The summed E-state index contributed by atoms with van der Waals surface area (Å²) in [6.45, 7) is 6.43. The Labute approximate surface area is 147 Å². The Morgan fingerprint density at radius 2 is 2.00 bits per heavy atom. The predicted molar refractivity (Wildman–Crippen MR) is 95.4 cm³/mol. The van der Waals surface area contributed by atoms with Crippen molar-refractivity contribution in [2.24, 2.45) is 0 Å². The van der Waals surface area contributed by atoms with Crippen LogP contribution >= 0.6 is 0 Å². The number of carbonyl (C=O) groups is 2. The first kappa shape index (κ1) is 17.2. The molecule has 1 saturated carbocycles. The van der Waals surface area contributed by atoms with Gasteiger partial charge in [-0.3, -0.25) is 9.59 Å². The van der Waals surface area contributed by atoms with E-state index in [1.807, 2.05) is 39.0 Å². The summed E-state index contributed by atoms with van der Waals surface area (Å²) in [5.74, 6) is -0.281. The molecule has 0 atom stereocenters. The van der Waals surface area contributed by atoms with Crippen LogP contribution in [0, 0.1) is 0 Å². The molecule has 0 unspecified atom stereocenters. The average Bonchev–Trinajstić information content (AvgIpc) is 3.22. The molecule has 1 aromatic carbocycles. The molecule has 6 heteroatoms. The lowest BCUT2D eigenvalue weighted by Crippen LogP contribution is -2.27. The lowest BCUT2D eigenvalue weighted by atomic mass is 9.90. The maximum atomic E-state index is 12.4. The number of carbonyl (C=O) groups excluding carboxylic acids is 2. The van der Waals surface area contributed by atoms with Crippen molar-refractivity contribution in [2.75, 3.05) is 0 Å². The van der Waals surface area contributed by atoms with E-state index in [0.29, 0.717) is 23.8 Å². The molecule has 2 aromatic rings. The molecule has 1 aliphatic rings. The summed E-state index contributed by atoms with van der Waals surface area (Å²) in [4.78, 5) is 31.8. The first-order valence-electron chi connectivity index (χ1n) is 8.56. The molecule has 1 fully saturated rings. The van der Waals surface area contributed by atoms with Crippen molar-refractivity contribution in [2.45, 2.75) is 51.6 Å². The molecule has 0 aliphatic heterocycles. The van der Waals surface area contributed by atoms with Crippen molar-refractivity contribution in [1.29, 1.82) is 0 Å². The molecule has 132 valence electrons. The maximum absolute atomic E-state index is 12.4. The van der Waals surface area contributed by atoms with E-state index in [1.54, 1.807) is 12.4 Å². The minimum atomic E-state index is -0.223. The predicted octanol–water partition coefficient (Wildman–Crippen LogP) is 2.53. The monoisotopic (exact) mass is 340 g/mol. The van der Waals surface area contributed by atoms with Crippen LogP contribution in [0.4, 0.5) is 0 Å². The van der Waals surface area contributed by atoms with Crippen LogP contribution < -0.4 is 10.6 Å². The van der Waals surface area contributed by atoms with Crippen molar-refractivity contribution in [3.8, 4) is 0 Å². The molecule has 3 N–H and O–H groups in total. The van der Waals surface area contributed by atoms with Gasteiger partial charge in [0.15, 0.2) is 0 Å². The standard InChI is InChI=1S/C19H24N4O2/c1-19(2,3)16-15(21-11-22-16)18(25)20-10-12-5-4-6-13(9-12)17(24)23-14-7-8-14/h4-6,9,11,14H,7-8,10H2,1-3H3,(H,20,25)(H,21,22)(H,23,24). The number of imidazole rings is 1. The lowest BCUT2D eigenvalue weighted by Gasteiger charge is -2.18. The lowest BCUT2D eigenvalue weighted by molar-refractivity contribution is 0.0940. The van der Waals surface area contributed by atoms with Gasteiger partial charge in [-0.1, -0.05) is 32.9 Å². The Kier molecular flexibility index (Phi) is 4.61. The van der Waals surface area contributed by atoms with Crippen molar-refractivity contribution in [3.63, 3.8) is 0 Å². The first-order chi connectivity index (χ1) is 11.8. The zero-order valence-electron chi connectivity index (χ0n) is 14.8. The summed E-state index contributed by atoms with van der Waals surface area (Å²) in [6.07, 6.45) is 3.65. The van der Waals surface area contributed by atoms with Gasteiger partial charge in [-0.05, 0) is 30.5 Å². The number of aromatic nitrogens is 2. The number of nitrogens with zero attached hydrogens (tertiary/aromatic N) is 1. The van der Waals surface area contributed by atoms with Crippen LogP contribution in [0.2, 0.25) is 0 Å². The van der Waals surface area contributed by atoms with Crippen LogP contribution in [-0.2, 0) is 12.0 Å². The summed E-state index contributed by atoms with van der Waals surface area (Å²) in [6, 6.07) is 7.65. The second-order valence-electron chi connectivity index (χ2n) is 7.51. The van der Waals surface area contributed by atoms with Crippen molar-refractivity contribution < 1.29 is 9.59 Å². The largest absolute Gasteiger partial charge is 0.349 e. The van der Waals surface area contributed by atoms with Crippen molar-refractivity contribution in [3.05, 3.63) is 53.1 Å². The van der Waals surface area contributed by atoms with Gasteiger partial charge in [-0.2, -0.15) is 0 Å². The SMILES string of the molecule is CC(C)(C)c1[nH]cnc1C(=O)NCc1cccc(C(=O)NC2CC2)c1. The fraction of sp³-hybridized carbons (Fsp3) is 0.421. The van der Waals surface area contributed by atoms with E-state index in [9.17, 15) is 9.59 Å². The molecule has 1 heterocycles. The van der Waals surface area contributed by atoms with E-state index in [-0.39, 0.29) is 17.2 Å². The smallest absolute Gasteiger partial charge is 0.272 e. The number of H-pyrrole nitrogens is 1. The molecule has 1 aromatic heterocycles. The molecule has 3 rings (SSSR count). The van der Waals surface area contributed by atoms with Crippen LogP contribution in [0.15, 0.2) is 30.6 Å². The summed E-state index contributed by atoms with van der Waals surface area (Å²) in [5.41, 5.74) is 2.53. The van der Waals surface area contributed by atoms with Crippen LogP contribution in [0.3, 0.4) is 0 Å². The Morgan fingerprint density at radius 3 is 2.68 bits per heavy atom. The van der Waals surface area contributed by atoms with Crippen LogP contribution in [0.1, 0.15) is 65.7 Å². The Hall–Kier alpha value is -2.63. The van der Waals surface area contributed by atoms with Gasteiger partial charge in [0, 0.05) is 23.6 Å². The van der Waals surface area contributed by atoms with Gasteiger partial charge in [-0.15, -0.1) is 0 Å². The normalized spacial score (nSPS) is 14.2. The number of hydrogen-bond acceptors (Lipinski definition) is 3. The van der Waals surface area contributed by atoms with Crippen LogP contribution in [0.5, 0.6) is 0 Å². The molecule has 0 spiro atoms. The van der Waals surface area contributed by atoms with E-state index in [0.717, 1.165) is 24.1 Å². The number of nitrogens with one attached hydrogen (secondary N) is 3. The van der Waals surface area contributed by atoms with Gasteiger partial charge >= 0.3 is 0 Å². The quantitative estimate of drug-likeness (QED) is 0.782. The minimum Gasteiger partial charge on any atom is -0.349 e. The van der Waals surface area contributed by atoms with E-state index >= 15 is 0 Å². The molecule has 1 aliphatic carbocycles. The fourth-order valence-corrected chi connectivity index (χ4v) is 2.62. The highest BCUT2D eigenvalue weighted by atomic mass is 16.2. The summed E-state index contributed by atoms with van der Waals surface area (Å²) in [5, 5.41) is 5.85. The molecule has 0 bridgehead atoms. The zero-order valence-corrected chi connectivity index (χ0v) is 14.8. The number of amides is 2. The van der Waals surface area contributed by atoms with E-state index in [4.69, 9.17) is 0 Å². The molecule has 25 heavy (non-hydrogen) atoms. The van der Waals surface area contributed by atoms with Crippen molar-refractivity contribution >= 4 is 11.8 Å².